The van der Waals surface area contributed by atoms with E-state index in [-0.39, 0.29) is 0 Å². The van der Waals surface area contributed by atoms with Crippen LogP contribution in [0.15, 0.2) is 30.3 Å². The van der Waals surface area contributed by atoms with E-state index in [1.807, 2.05) is 24.3 Å². The molecule has 0 spiro atoms. The average molecular weight is 202 g/mol. The fourth-order valence-corrected chi connectivity index (χ4v) is 1.97. The van der Waals surface area contributed by atoms with Gasteiger partial charge in [-0.3, -0.25) is 4.79 Å². The fraction of sp³-hybridized carbons (Fsp3) is 0.308. The molecule has 1 aliphatic carbocycles. The number of allylic oxidation sites excluding steroid dienone is 2. The third-order valence-electron chi connectivity index (χ3n) is 2.70. The predicted octanol–water partition coefficient (Wildman–Crippen LogP) is 3.18. The van der Waals surface area contributed by atoms with Gasteiger partial charge in [0.25, 0.3) is 6.47 Å². The highest BCUT2D eigenvalue weighted by Crippen LogP contribution is 2.32. The highest BCUT2D eigenvalue weighted by molar-refractivity contribution is 5.72. The molecule has 0 saturated carbocycles. The van der Waals surface area contributed by atoms with E-state index in [1.165, 1.54) is 18.4 Å². The first-order chi connectivity index (χ1) is 7.42. The molecule has 0 fully saturated rings. The smallest absolute Gasteiger partial charge is 0.298 e. The molecule has 0 saturated heterocycles. The van der Waals surface area contributed by atoms with Crippen LogP contribution in [-0.2, 0) is 4.79 Å². The number of para-hydroxylation sites is 1. The van der Waals surface area contributed by atoms with Crippen molar-refractivity contribution in [3.63, 3.8) is 0 Å². The maximum Gasteiger partial charge on any atom is 0.298 e. The van der Waals surface area contributed by atoms with E-state index in [2.05, 4.69) is 6.08 Å². The SMILES string of the molecule is O=COc1ccccc1C1=CCCCC1. The molecule has 0 atom stereocenters. The maximum absolute atomic E-state index is 10.4. The molecule has 1 aliphatic rings. The predicted molar refractivity (Wildman–Crippen MR) is 59.6 cm³/mol. The first-order valence-corrected chi connectivity index (χ1v) is 5.30. The first kappa shape index (κ1) is 9.97. The van der Waals surface area contributed by atoms with Crippen molar-refractivity contribution >= 4 is 12.0 Å². The summed E-state index contributed by atoms with van der Waals surface area (Å²) in [5, 5.41) is 0. The van der Waals surface area contributed by atoms with Gasteiger partial charge in [0, 0.05) is 5.56 Å². The van der Waals surface area contributed by atoms with Gasteiger partial charge in [0.2, 0.25) is 0 Å². The van der Waals surface area contributed by atoms with Crippen LogP contribution in [0.3, 0.4) is 0 Å². The Bertz CT molecular complexity index is 380. The van der Waals surface area contributed by atoms with Crippen molar-refractivity contribution in [1.82, 2.24) is 0 Å². The Morgan fingerprint density at radius 2 is 2.07 bits per heavy atom. The second-order valence-electron chi connectivity index (χ2n) is 3.69. The second-order valence-corrected chi connectivity index (χ2v) is 3.69. The Labute approximate surface area is 89.6 Å². The lowest BCUT2D eigenvalue weighted by Crippen LogP contribution is -1.97. The van der Waals surface area contributed by atoms with E-state index in [0.29, 0.717) is 12.2 Å². The molecule has 0 N–H and O–H groups in total. The zero-order valence-corrected chi connectivity index (χ0v) is 8.61. The number of benzene rings is 1. The molecule has 0 aliphatic heterocycles. The quantitative estimate of drug-likeness (QED) is 0.704. The molecule has 0 heterocycles. The molecule has 2 nitrogen and oxygen atoms in total. The van der Waals surface area contributed by atoms with Crippen molar-refractivity contribution in [3.8, 4) is 5.75 Å². The fourth-order valence-electron chi connectivity index (χ4n) is 1.97. The molecule has 0 amide bonds. The van der Waals surface area contributed by atoms with Gasteiger partial charge in [0.15, 0.2) is 0 Å². The largest absolute Gasteiger partial charge is 0.428 e. The molecular weight excluding hydrogens is 188 g/mol. The lowest BCUT2D eigenvalue weighted by molar-refractivity contribution is -0.120. The Balaban J connectivity index is 2.33. The number of hydrogen-bond acceptors (Lipinski definition) is 2. The standard InChI is InChI=1S/C13H14O2/c14-10-15-13-9-5-4-8-12(13)11-6-2-1-3-7-11/h4-6,8-10H,1-3,7H2. The minimum Gasteiger partial charge on any atom is -0.428 e. The Morgan fingerprint density at radius 1 is 1.20 bits per heavy atom. The van der Waals surface area contributed by atoms with Crippen LogP contribution >= 0.6 is 0 Å². The monoisotopic (exact) mass is 202 g/mol. The topological polar surface area (TPSA) is 26.3 Å². The lowest BCUT2D eigenvalue weighted by Gasteiger charge is -2.14. The number of rotatable bonds is 3. The summed E-state index contributed by atoms with van der Waals surface area (Å²) in [6.07, 6.45) is 6.95. The molecule has 1 aromatic rings. The van der Waals surface area contributed by atoms with Crippen LogP contribution in [0.1, 0.15) is 31.2 Å². The highest BCUT2D eigenvalue weighted by atomic mass is 16.5. The Morgan fingerprint density at radius 3 is 2.80 bits per heavy atom. The van der Waals surface area contributed by atoms with E-state index in [9.17, 15) is 4.79 Å². The normalized spacial score (nSPS) is 15.6. The summed E-state index contributed by atoms with van der Waals surface area (Å²) in [4.78, 5) is 10.4. The molecule has 2 rings (SSSR count). The van der Waals surface area contributed by atoms with Gasteiger partial charge in [0.05, 0.1) is 0 Å². The van der Waals surface area contributed by atoms with E-state index >= 15 is 0 Å². The minimum absolute atomic E-state index is 0.488. The molecule has 0 aromatic heterocycles. The van der Waals surface area contributed by atoms with Crippen LogP contribution in [0.5, 0.6) is 5.75 Å². The van der Waals surface area contributed by atoms with Crippen LogP contribution in [-0.4, -0.2) is 6.47 Å². The van der Waals surface area contributed by atoms with Crippen molar-refractivity contribution in [3.05, 3.63) is 35.9 Å². The van der Waals surface area contributed by atoms with Gasteiger partial charge < -0.3 is 4.74 Å². The van der Waals surface area contributed by atoms with E-state index < -0.39 is 0 Å². The minimum atomic E-state index is 0.488. The third kappa shape index (κ3) is 2.27. The number of carbonyl (C=O) groups is 1. The van der Waals surface area contributed by atoms with Crippen molar-refractivity contribution < 1.29 is 9.53 Å². The van der Waals surface area contributed by atoms with Crippen LogP contribution in [0.25, 0.3) is 5.57 Å². The van der Waals surface area contributed by atoms with Gasteiger partial charge in [-0.2, -0.15) is 0 Å². The average Bonchev–Trinajstić information content (AvgIpc) is 2.31. The van der Waals surface area contributed by atoms with E-state index in [1.54, 1.807) is 0 Å². The van der Waals surface area contributed by atoms with Crippen LogP contribution in [0, 0.1) is 0 Å². The molecule has 1 aromatic carbocycles. The lowest BCUT2D eigenvalue weighted by atomic mass is 9.93. The van der Waals surface area contributed by atoms with Crippen LogP contribution in [0.4, 0.5) is 0 Å². The summed E-state index contributed by atoms with van der Waals surface area (Å²) in [6, 6.07) is 7.70. The van der Waals surface area contributed by atoms with Crippen LogP contribution < -0.4 is 4.74 Å². The molecule has 78 valence electrons. The summed E-state index contributed by atoms with van der Waals surface area (Å²) in [7, 11) is 0. The Hall–Kier alpha value is -1.57. The summed E-state index contributed by atoms with van der Waals surface area (Å²) in [6.45, 7) is 0.488. The molecule has 2 heteroatoms. The maximum atomic E-state index is 10.4. The van der Waals surface area contributed by atoms with Gasteiger partial charge in [-0.05, 0) is 37.3 Å². The molecule has 0 radical (unpaired) electrons. The zero-order chi connectivity index (χ0) is 10.5. The highest BCUT2D eigenvalue weighted by Gasteiger charge is 2.10. The van der Waals surface area contributed by atoms with Gasteiger partial charge >= 0.3 is 0 Å². The number of hydrogen-bond donors (Lipinski definition) is 0. The third-order valence-corrected chi connectivity index (χ3v) is 2.70. The summed E-state index contributed by atoms with van der Waals surface area (Å²) in [5.41, 5.74) is 2.36. The Kier molecular flexibility index (Phi) is 3.18. The molecule has 0 bridgehead atoms. The summed E-state index contributed by atoms with van der Waals surface area (Å²) < 4.78 is 4.97. The first-order valence-electron chi connectivity index (χ1n) is 5.30. The number of carbonyl (C=O) groups excluding carboxylic acids is 1. The molecule has 0 unspecified atom stereocenters. The van der Waals surface area contributed by atoms with E-state index in [4.69, 9.17) is 4.74 Å². The number of ether oxygens (including phenoxy) is 1. The van der Waals surface area contributed by atoms with Crippen molar-refractivity contribution in [2.24, 2.45) is 0 Å². The van der Waals surface area contributed by atoms with Crippen LogP contribution in [0.2, 0.25) is 0 Å². The van der Waals surface area contributed by atoms with Crippen molar-refractivity contribution in [2.45, 2.75) is 25.7 Å². The van der Waals surface area contributed by atoms with Crippen molar-refractivity contribution in [2.75, 3.05) is 0 Å². The van der Waals surface area contributed by atoms with E-state index in [0.717, 1.165) is 18.4 Å². The second kappa shape index (κ2) is 4.78. The summed E-state index contributed by atoms with van der Waals surface area (Å²) >= 11 is 0. The van der Waals surface area contributed by atoms with Gasteiger partial charge in [-0.1, -0.05) is 24.3 Å². The molecular formula is C13H14O2. The summed E-state index contributed by atoms with van der Waals surface area (Å²) in [5.74, 6) is 0.667. The molecule has 15 heavy (non-hydrogen) atoms. The van der Waals surface area contributed by atoms with Crippen molar-refractivity contribution in [1.29, 1.82) is 0 Å². The van der Waals surface area contributed by atoms with Gasteiger partial charge in [0.1, 0.15) is 5.75 Å². The van der Waals surface area contributed by atoms with Gasteiger partial charge in [-0.15, -0.1) is 0 Å². The zero-order valence-electron chi connectivity index (χ0n) is 8.61. The van der Waals surface area contributed by atoms with Gasteiger partial charge in [-0.25, -0.2) is 0 Å².